The topological polar surface area (TPSA) is 12.9 Å². The summed E-state index contributed by atoms with van der Waals surface area (Å²) in [7, 11) is 0. The third kappa shape index (κ3) is 2.91. The van der Waals surface area contributed by atoms with Crippen molar-refractivity contribution in [3.8, 4) is 0 Å². The van der Waals surface area contributed by atoms with Gasteiger partial charge in [0.05, 0.1) is 10.5 Å². The summed E-state index contributed by atoms with van der Waals surface area (Å²) >= 11 is 7.86. The van der Waals surface area contributed by atoms with Crippen LogP contribution in [0.4, 0.5) is 0 Å². The molecule has 0 N–H and O–H groups in total. The van der Waals surface area contributed by atoms with Gasteiger partial charge in [-0.2, -0.15) is 0 Å². The Morgan fingerprint density at radius 1 is 0.895 bits per heavy atom. The van der Waals surface area contributed by atoms with Crippen LogP contribution in [-0.4, -0.2) is 4.98 Å². The molecule has 3 rings (SSSR count). The van der Waals surface area contributed by atoms with Crippen LogP contribution in [0.15, 0.2) is 65.7 Å². The fraction of sp³-hybridized carbons (Fsp3) is 0.0625. The lowest BCUT2D eigenvalue weighted by molar-refractivity contribution is 1.18. The van der Waals surface area contributed by atoms with Gasteiger partial charge in [0, 0.05) is 16.2 Å². The van der Waals surface area contributed by atoms with E-state index in [1.807, 2.05) is 36.4 Å². The zero-order valence-electron chi connectivity index (χ0n) is 10.2. The SMILES string of the molecule is Clc1ccccc1CSc1ccc2ccccc2n1. The van der Waals surface area contributed by atoms with E-state index in [0.29, 0.717) is 0 Å². The van der Waals surface area contributed by atoms with Gasteiger partial charge < -0.3 is 0 Å². The number of aromatic nitrogens is 1. The summed E-state index contributed by atoms with van der Waals surface area (Å²) in [6.45, 7) is 0. The number of para-hydroxylation sites is 1. The second-order valence-corrected chi connectivity index (χ2v) is 5.63. The molecule has 0 aliphatic rings. The van der Waals surface area contributed by atoms with Crippen LogP contribution < -0.4 is 0 Å². The van der Waals surface area contributed by atoms with E-state index < -0.39 is 0 Å². The maximum absolute atomic E-state index is 6.15. The molecule has 3 aromatic rings. The third-order valence-electron chi connectivity index (χ3n) is 2.91. The Labute approximate surface area is 121 Å². The third-order valence-corrected chi connectivity index (χ3v) is 4.25. The number of pyridine rings is 1. The van der Waals surface area contributed by atoms with Crippen molar-refractivity contribution < 1.29 is 0 Å². The van der Waals surface area contributed by atoms with Gasteiger partial charge in [-0.25, -0.2) is 4.98 Å². The molecule has 0 bridgehead atoms. The number of hydrogen-bond donors (Lipinski definition) is 0. The van der Waals surface area contributed by atoms with Crippen molar-refractivity contribution in [1.29, 1.82) is 0 Å². The van der Waals surface area contributed by atoms with E-state index in [-0.39, 0.29) is 0 Å². The minimum absolute atomic E-state index is 0.816. The lowest BCUT2D eigenvalue weighted by Crippen LogP contribution is -1.85. The number of fused-ring (bicyclic) bond motifs is 1. The number of thioether (sulfide) groups is 1. The fourth-order valence-electron chi connectivity index (χ4n) is 1.89. The summed E-state index contributed by atoms with van der Waals surface area (Å²) in [5, 5.41) is 3.01. The molecule has 2 aromatic carbocycles. The molecule has 0 saturated heterocycles. The summed E-state index contributed by atoms with van der Waals surface area (Å²) in [4.78, 5) is 4.64. The second-order valence-electron chi connectivity index (χ2n) is 4.22. The molecular formula is C16H12ClNS. The van der Waals surface area contributed by atoms with Crippen LogP contribution in [0.2, 0.25) is 5.02 Å². The minimum atomic E-state index is 0.816. The lowest BCUT2D eigenvalue weighted by Gasteiger charge is -2.04. The van der Waals surface area contributed by atoms with Crippen molar-refractivity contribution in [2.45, 2.75) is 10.8 Å². The van der Waals surface area contributed by atoms with Crippen molar-refractivity contribution in [2.75, 3.05) is 0 Å². The van der Waals surface area contributed by atoms with Crippen LogP contribution >= 0.6 is 23.4 Å². The number of halogens is 1. The molecule has 0 fully saturated rings. The molecule has 0 amide bonds. The Balaban J connectivity index is 1.80. The largest absolute Gasteiger partial charge is 0.241 e. The van der Waals surface area contributed by atoms with Crippen molar-refractivity contribution in [2.24, 2.45) is 0 Å². The zero-order valence-corrected chi connectivity index (χ0v) is 11.8. The van der Waals surface area contributed by atoms with E-state index in [1.165, 1.54) is 5.39 Å². The average Bonchev–Trinajstić information content (AvgIpc) is 2.46. The van der Waals surface area contributed by atoms with E-state index in [0.717, 1.165) is 26.9 Å². The van der Waals surface area contributed by atoms with E-state index >= 15 is 0 Å². The Hall–Kier alpha value is -1.51. The first-order valence-corrected chi connectivity index (χ1v) is 7.41. The monoisotopic (exact) mass is 285 g/mol. The predicted octanol–water partition coefficient (Wildman–Crippen LogP) is 5.18. The molecule has 0 atom stereocenters. The number of benzene rings is 2. The average molecular weight is 286 g/mol. The highest BCUT2D eigenvalue weighted by Crippen LogP contribution is 2.26. The standard InChI is InChI=1S/C16H12ClNS/c17-14-7-3-1-6-13(14)11-19-16-10-9-12-5-2-4-8-15(12)18-16/h1-10H,11H2. The van der Waals surface area contributed by atoms with Gasteiger partial charge in [-0.1, -0.05) is 54.1 Å². The molecule has 3 heteroatoms. The number of nitrogens with zero attached hydrogens (tertiary/aromatic N) is 1. The number of rotatable bonds is 3. The van der Waals surface area contributed by atoms with E-state index in [9.17, 15) is 0 Å². The van der Waals surface area contributed by atoms with Crippen molar-refractivity contribution in [3.63, 3.8) is 0 Å². The van der Waals surface area contributed by atoms with Crippen LogP contribution in [0.1, 0.15) is 5.56 Å². The molecule has 0 unspecified atom stereocenters. The van der Waals surface area contributed by atoms with Gasteiger partial charge >= 0.3 is 0 Å². The van der Waals surface area contributed by atoms with Gasteiger partial charge in [0.2, 0.25) is 0 Å². The molecule has 19 heavy (non-hydrogen) atoms. The second kappa shape index (κ2) is 5.64. The van der Waals surface area contributed by atoms with Gasteiger partial charge in [-0.15, -0.1) is 11.8 Å². The Bertz CT molecular complexity index is 712. The van der Waals surface area contributed by atoms with Crippen LogP contribution in [0.5, 0.6) is 0 Å². The molecular weight excluding hydrogens is 274 g/mol. The zero-order chi connectivity index (χ0) is 13.1. The predicted molar refractivity (Wildman–Crippen MR) is 82.8 cm³/mol. The van der Waals surface area contributed by atoms with Crippen LogP contribution in [-0.2, 0) is 5.75 Å². The van der Waals surface area contributed by atoms with Gasteiger partial charge in [0.25, 0.3) is 0 Å². The summed E-state index contributed by atoms with van der Waals surface area (Å²) in [6.07, 6.45) is 0. The Morgan fingerprint density at radius 3 is 2.58 bits per heavy atom. The van der Waals surface area contributed by atoms with Crippen LogP contribution in [0.3, 0.4) is 0 Å². The van der Waals surface area contributed by atoms with Gasteiger partial charge in [-0.3, -0.25) is 0 Å². The highest BCUT2D eigenvalue weighted by atomic mass is 35.5. The highest BCUT2D eigenvalue weighted by Gasteiger charge is 2.02. The van der Waals surface area contributed by atoms with Crippen molar-refractivity contribution in [1.82, 2.24) is 4.98 Å². The first-order chi connectivity index (χ1) is 9.33. The minimum Gasteiger partial charge on any atom is -0.241 e. The van der Waals surface area contributed by atoms with Crippen molar-refractivity contribution >= 4 is 34.3 Å². The summed E-state index contributed by atoms with van der Waals surface area (Å²) in [5.74, 6) is 0.838. The first-order valence-electron chi connectivity index (χ1n) is 6.05. The smallest absolute Gasteiger partial charge is 0.0970 e. The van der Waals surface area contributed by atoms with Crippen molar-refractivity contribution in [3.05, 3.63) is 71.2 Å². The fourth-order valence-corrected chi connectivity index (χ4v) is 3.06. The lowest BCUT2D eigenvalue weighted by atomic mass is 10.2. The molecule has 0 radical (unpaired) electrons. The molecule has 0 saturated carbocycles. The van der Waals surface area contributed by atoms with Crippen LogP contribution in [0.25, 0.3) is 10.9 Å². The summed E-state index contributed by atoms with van der Waals surface area (Å²) in [5.41, 5.74) is 2.18. The Morgan fingerprint density at radius 2 is 1.68 bits per heavy atom. The summed E-state index contributed by atoms with van der Waals surface area (Å²) < 4.78 is 0. The molecule has 0 spiro atoms. The maximum atomic E-state index is 6.15. The Kier molecular flexibility index (Phi) is 3.72. The van der Waals surface area contributed by atoms with E-state index in [2.05, 4.69) is 29.2 Å². The van der Waals surface area contributed by atoms with Gasteiger partial charge in [0.1, 0.15) is 0 Å². The molecule has 0 aliphatic carbocycles. The molecule has 1 nitrogen and oxygen atoms in total. The molecule has 1 heterocycles. The highest BCUT2D eigenvalue weighted by molar-refractivity contribution is 7.98. The normalized spacial score (nSPS) is 10.8. The number of hydrogen-bond acceptors (Lipinski definition) is 2. The van der Waals surface area contributed by atoms with Gasteiger partial charge in [0.15, 0.2) is 0 Å². The summed E-state index contributed by atoms with van der Waals surface area (Å²) in [6, 6.07) is 20.3. The van der Waals surface area contributed by atoms with E-state index in [1.54, 1.807) is 11.8 Å². The molecule has 1 aromatic heterocycles. The van der Waals surface area contributed by atoms with Crippen LogP contribution in [0, 0.1) is 0 Å². The first kappa shape index (κ1) is 12.5. The van der Waals surface area contributed by atoms with Gasteiger partial charge in [-0.05, 0) is 23.8 Å². The maximum Gasteiger partial charge on any atom is 0.0970 e. The molecule has 0 aliphatic heterocycles. The quantitative estimate of drug-likeness (QED) is 0.615. The van der Waals surface area contributed by atoms with E-state index in [4.69, 9.17) is 11.6 Å². The molecule has 94 valence electrons.